The Morgan fingerprint density at radius 2 is 1.87 bits per heavy atom. The highest BCUT2D eigenvalue weighted by Gasteiger charge is 2.19. The molecular formula is C11H15FO3. The number of hydrogen-bond acceptors (Lipinski definition) is 3. The van der Waals surface area contributed by atoms with Crippen LogP contribution in [0.3, 0.4) is 0 Å². The van der Waals surface area contributed by atoms with Crippen LogP contribution in [-0.4, -0.2) is 31.7 Å². The van der Waals surface area contributed by atoms with Crippen LogP contribution in [0, 0.1) is 5.82 Å². The molecule has 0 saturated carbocycles. The van der Waals surface area contributed by atoms with Gasteiger partial charge in [0.25, 0.3) is 0 Å². The van der Waals surface area contributed by atoms with Gasteiger partial charge in [0.05, 0.1) is 0 Å². The van der Waals surface area contributed by atoms with Crippen LogP contribution < -0.4 is 0 Å². The second kappa shape index (κ2) is 5.80. The normalized spacial score (nSPS) is 13.1. The Morgan fingerprint density at radius 3 is 2.40 bits per heavy atom. The van der Waals surface area contributed by atoms with Gasteiger partial charge in [-0.3, -0.25) is 0 Å². The first-order chi connectivity index (χ1) is 7.19. The molecule has 0 fully saturated rings. The third-order valence-corrected chi connectivity index (χ3v) is 2.17. The average molecular weight is 214 g/mol. The maximum Gasteiger partial charge on any atom is 0.183 e. The molecule has 0 bridgehead atoms. The highest BCUT2D eigenvalue weighted by molar-refractivity contribution is 5.18. The van der Waals surface area contributed by atoms with Gasteiger partial charge in [0.1, 0.15) is 11.9 Å². The number of halogens is 1. The molecule has 0 aromatic heterocycles. The number of rotatable bonds is 5. The predicted octanol–water partition coefficient (Wildman–Crippen LogP) is 1.35. The summed E-state index contributed by atoms with van der Waals surface area (Å²) in [6, 6.07) is 6.31. The maximum atomic E-state index is 13.2. The summed E-state index contributed by atoms with van der Waals surface area (Å²) in [5.41, 5.74) is 0.448. The van der Waals surface area contributed by atoms with E-state index in [1.54, 1.807) is 18.2 Å². The van der Waals surface area contributed by atoms with Gasteiger partial charge < -0.3 is 14.6 Å². The van der Waals surface area contributed by atoms with Crippen molar-refractivity contribution in [3.8, 4) is 0 Å². The molecule has 3 nitrogen and oxygen atoms in total. The molecule has 1 unspecified atom stereocenters. The molecule has 0 aliphatic carbocycles. The lowest BCUT2D eigenvalue weighted by Crippen LogP contribution is -2.31. The van der Waals surface area contributed by atoms with E-state index in [-0.39, 0.29) is 12.2 Å². The van der Waals surface area contributed by atoms with Crippen LogP contribution in [0.5, 0.6) is 0 Å². The Labute approximate surface area is 88.4 Å². The summed E-state index contributed by atoms with van der Waals surface area (Å²) in [4.78, 5) is 0. The number of aliphatic hydroxyl groups is 1. The first-order valence-electron chi connectivity index (χ1n) is 4.66. The Bertz CT molecular complexity index is 300. The maximum absolute atomic E-state index is 13.2. The van der Waals surface area contributed by atoms with E-state index in [0.29, 0.717) is 5.56 Å². The van der Waals surface area contributed by atoms with Crippen LogP contribution in [-0.2, 0) is 15.9 Å². The highest BCUT2D eigenvalue weighted by atomic mass is 19.1. The molecule has 0 amide bonds. The zero-order valence-corrected chi connectivity index (χ0v) is 8.81. The van der Waals surface area contributed by atoms with Gasteiger partial charge in [-0.25, -0.2) is 4.39 Å². The standard InChI is InChI=1S/C11H15FO3/c1-14-11(15-2)10(13)7-8-5-3-4-6-9(8)12/h3-6,10-11,13H,7H2,1-2H3. The van der Waals surface area contributed by atoms with Crippen molar-refractivity contribution in [2.75, 3.05) is 14.2 Å². The average Bonchev–Trinajstić information content (AvgIpc) is 2.23. The molecule has 84 valence electrons. The molecule has 4 heteroatoms. The summed E-state index contributed by atoms with van der Waals surface area (Å²) >= 11 is 0. The lowest BCUT2D eigenvalue weighted by molar-refractivity contribution is -0.163. The fourth-order valence-electron chi connectivity index (χ4n) is 1.40. The molecule has 1 rings (SSSR count). The number of ether oxygens (including phenoxy) is 2. The van der Waals surface area contributed by atoms with E-state index in [2.05, 4.69) is 0 Å². The third-order valence-electron chi connectivity index (χ3n) is 2.17. The monoisotopic (exact) mass is 214 g/mol. The highest BCUT2D eigenvalue weighted by Crippen LogP contribution is 2.12. The number of aliphatic hydroxyl groups excluding tert-OH is 1. The quantitative estimate of drug-likeness (QED) is 0.752. The Balaban J connectivity index is 2.65. The third kappa shape index (κ3) is 3.27. The van der Waals surface area contributed by atoms with Crippen LogP contribution >= 0.6 is 0 Å². The molecule has 0 spiro atoms. The second-order valence-electron chi connectivity index (χ2n) is 3.20. The SMILES string of the molecule is COC(OC)C(O)Cc1ccccc1F. The van der Waals surface area contributed by atoms with Crippen molar-refractivity contribution in [2.45, 2.75) is 18.8 Å². The van der Waals surface area contributed by atoms with E-state index in [1.807, 2.05) is 0 Å². The van der Waals surface area contributed by atoms with Crippen molar-refractivity contribution in [1.29, 1.82) is 0 Å². The Hall–Kier alpha value is -0.970. The molecule has 0 aliphatic rings. The zero-order valence-electron chi connectivity index (χ0n) is 8.81. The summed E-state index contributed by atoms with van der Waals surface area (Å²) in [7, 11) is 2.86. The van der Waals surface area contributed by atoms with Crippen molar-refractivity contribution >= 4 is 0 Å². The minimum atomic E-state index is -0.878. The predicted molar refractivity (Wildman–Crippen MR) is 53.9 cm³/mol. The van der Waals surface area contributed by atoms with E-state index < -0.39 is 12.4 Å². The van der Waals surface area contributed by atoms with Crippen molar-refractivity contribution in [3.63, 3.8) is 0 Å². The fourth-order valence-corrected chi connectivity index (χ4v) is 1.40. The van der Waals surface area contributed by atoms with Gasteiger partial charge >= 0.3 is 0 Å². The van der Waals surface area contributed by atoms with Gasteiger partial charge in [-0.2, -0.15) is 0 Å². The van der Waals surface area contributed by atoms with E-state index in [0.717, 1.165) is 0 Å². The van der Waals surface area contributed by atoms with E-state index in [4.69, 9.17) is 9.47 Å². The summed E-state index contributed by atoms with van der Waals surface area (Å²) in [6.07, 6.45) is -1.44. The van der Waals surface area contributed by atoms with E-state index in [9.17, 15) is 9.50 Å². The minimum absolute atomic E-state index is 0.166. The zero-order chi connectivity index (χ0) is 11.3. The van der Waals surface area contributed by atoms with Crippen molar-refractivity contribution in [2.24, 2.45) is 0 Å². The largest absolute Gasteiger partial charge is 0.387 e. The van der Waals surface area contributed by atoms with E-state index >= 15 is 0 Å². The first kappa shape index (κ1) is 12.1. The molecule has 1 aromatic carbocycles. The van der Waals surface area contributed by atoms with Crippen LogP contribution in [0.25, 0.3) is 0 Å². The number of hydrogen-bond donors (Lipinski definition) is 1. The molecule has 0 aliphatic heterocycles. The lowest BCUT2D eigenvalue weighted by Gasteiger charge is -2.19. The van der Waals surface area contributed by atoms with Crippen LogP contribution in [0.4, 0.5) is 4.39 Å². The lowest BCUT2D eigenvalue weighted by atomic mass is 10.1. The molecule has 15 heavy (non-hydrogen) atoms. The summed E-state index contributed by atoms with van der Waals surface area (Å²) in [6.45, 7) is 0. The second-order valence-corrected chi connectivity index (χ2v) is 3.20. The summed E-state index contributed by atoms with van der Waals surface area (Å²) in [5.74, 6) is -0.331. The fraction of sp³-hybridized carbons (Fsp3) is 0.455. The van der Waals surface area contributed by atoms with Gasteiger partial charge in [-0.05, 0) is 11.6 Å². The molecule has 1 atom stereocenters. The number of benzene rings is 1. The van der Waals surface area contributed by atoms with Crippen molar-refractivity contribution in [3.05, 3.63) is 35.6 Å². The van der Waals surface area contributed by atoms with Crippen LogP contribution in [0.2, 0.25) is 0 Å². The molecule has 1 N–H and O–H groups in total. The van der Waals surface area contributed by atoms with Crippen LogP contribution in [0.1, 0.15) is 5.56 Å². The van der Waals surface area contributed by atoms with Gasteiger partial charge in [0, 0.05) is 20.6 Å². The minimum Gasteiger partial charge on any atom is -0.387 e. The molecule has 0 radical (unpaired) electrons. The molecule has 0 saturated heterocycles. The van der Waals surface area contributed by atoms with Gasteiger partial charge in [0.15, 0.2) is 6.29 Å². The summed E-state index contributed by atoms with van der Waals surface area (Å²) in [5, 5.41) is 9.67. The van der Waals surface area contributed by atoms with Gasteiger partial charge in [-0.1, -0.05) is 18.2 Å². The first-order valence-corrected chi connectivity index (χ1v) is 4.66. The van der Waals surface area contributed by atoms with Crippen molar-refractivity contribution in [1.82, 2.24) is 0 Å². The number of methoxy groups -OCH3 is 2. The summed E-state index contributed by atoms with van der Waals surface area (Å²) < 4.78 is 23.0. The molecule has 1 aromatic rings. The Morgan fingerprint density at radius 1 is 1.27 bits per heavy atom. The van der Waals surface area contributed by atoms with Crippen LogP contribution in [0.15, 0.2) is 24.3 Å². The smallest absolute Gasteiger partial charge is 0.183 e. The Kier molecular flexibility index (Phi) is 4.68. The molecular weight excluding hydrogens is 199 g/mol. The van der Waals surface area contributed by atoms with Gasteiger partial charge in [0.2, 0.25) is 0 Å². The van der Waals surface area contributed by atoms with Gasteiger partial charge in [-0.15, -0.1) is 0 Å². The topological polar surface area (TPSA) is 38.7 Å². The molecule has 0 heterocycles. The van der Waals surface area contributed by atoms with E-state index in [1.165, 1.54) is 20.3 Å². The van der Waals surface area contributed by atoms with Crippen molar-refractivity contribution < 1.29 is 19.0 Å².